The van der Waals surface area contributed by atoms with Crippen LogP contribution in [-0.4, -0.2) is 57.9 Å². The molecule has 136 valence electrons. The number of hydrogen-bond donors (Lipinski definition) is 2. The molecule has 0 aliphatic carbocycles. The fourth-order valence-corrected chi connectivity index (χ4v) is 3.72. The van der Waals surface area contributed by atoms with E-state index < -0.39 is 10.2 Å². The molecule has 1 fully saturated rings. The van der Waals surface area contributed by atoms with Gasteiger partial charge >= 0.3 is 10.2 Å². The van der Waals surface area contributed by atoms with Crippen LogP contribution in [-0.2, 0) is 22.5 Å². The molecule has 1 aromatic rings. The zero-order valence-electron chi connectivity index (χ0n) is 14.2. The number of hydrogen-bond acceptors (Lipinski definition) is 7. The van der Waals surface area contributed by atoms with Crippen molar-refractivity contribution >= 4 is 33.6 Å². The summed E-state index contributed by atoms with van der Waals surface area (Å²) in [7, 11) is -0.109. The Morgan fingerprint density at radius 2 is 2.04 bits per heavy atom. The maximum absolute atomic E-state index is 11.4. The molecule has 0 unspecified atom stereocenters. The molecule has 0 spiro atoms. The molecule has 2 N–H and O–H groups in total. The summed E-state index contributed by atoms with van der Waals surface area (Å²) in [6.07, 6.45) is 5.27. The van der Waals surface area contributed by atoms with Crippen LogP contribution in [0.3, 0.4) is 0 Å². The van der Waals surface area contributed by atoms with Crippen LogP contribution in [0.5, 0.6) is 0 Å². The molecular formula is C15H21N5O3S2. The average molecular weight is 383 g/mol. The second-order valence-corrected chi connectivity index (χ2v) is 7.83. The summed E-state index contributed by atoms with van der Waals surface area (Å²) in [5.41, 5.74) is 0. The van der Waals surface area contributed by atoms with Gasteiger partial charge in [-0.3, -0.25) is 14.9 Å². The highest BCUT2D eigenvalue weighted by atomic mass is 32.2. The second-order valence-electron chi connectivity index (χ2n) is 5.31. The van der Waals surface area contributed by atoms with Gasteiger partial charge in [0.25, 0.3) is 0 Å². The average Bonchev–Trinajstić information content (AvgIpc) is 3.10. The zero-order chi connectivity index (χ0) is 18.3. The van der Waals surface area contributed by atoms with Gasteiger partial charge in [0.05, 0.1) is 25.4 Å². The van der Waals surface area contributed by atoms with Crippen molar-refractivity contribution in [2.24, 2.45) is 9.98 Å². The van der Waals surface area contributed by atoms with Crippen LogP contribution in [0.1, 0.15) is 11.5 Å². The smallest absolute Gasteiger partial charge is 0.324 e. The first-order valence-corrected chi connectivity index (χ1v) is 10.2. The minimum atomic E-state index is -3.55. The first-order chi connectivity index (χ1) is 11.9. The van der Waals surface area contributed by atoms with E-state index >= 15 is 0 Å². The standard InChI is InChI=1S/C15H21N5O3S2/c1-4-8-20(3)10-12-5-6-13(23-12)11-24-9-7-17-15-14(16-2)18-25(21,22)19-15/h1,5-6H,7-11H2,2-3H3,(H,16,18)(H,17,19). The van der Waals surface area contributed by atoms with Crippen LogP contribution in [0.4, 0.5) is 0 Å². The second kappa shape index (κ2) is 8.94. The lowest BCUT2D eigenvalue weighted by atomic mass is 10.4. The lowest BCUT2D eigenvalue weighted by Crippen LogP contribution is -2.24. The lowest BCUT2D eigenvalue weighted by molar-refractivity contribution is 0.322. The van der Waals surface area contributed by atoms with Gasteiger partial charge in [-0.1, -0.05) is 5.92 Å². The first-order valence-electron chi connectivity index (χ1n) is 7.53. The third kappa shape index (κ3) is 6.12. The van der Waals surface area contributed by atoms with E-state index in [0.29, 0.717) is 19.6 Å². The highest BCUT2D eigenvalue weighted by Crippen LogP contribution is 2.16. The van der Waals surface area contributed by atoms with Gasteiger partial charge < -0.3 is 4.42 Å². The minimum absolute atomic E-state index is 0.233. The van der Waals surface area contributed by atoms with Crippen LogP contribution in [0.2, 0.25) is 0 Å². The molecule has 2 rings (SSSR count). The van der Waals surface area contributed by atoms with Crippen molar-refractivity contribution in [3.8, 4) is 12.3 Å². The molecule has 2 heterocycles. The van der Waals surface area contributed by atoms with E-state index in [1.54, 1.807) is 11.8 Å². The van der Waals surface area contributed by atoms with Gasteiger partial charge in [-0.05, 0) is 19.2 Å². The summed E-state index contributed by atoms with van der Waals surface area (Å²) < 4.78 is 33.1. The highest BCUT2D eigenvalue weighted by Gasteiger charge is 2.27. The Morgan fingerprint density at radius 1 is 1.32 bits per heavy atom. The number of aliphatic imine (C=N–C) groups is 2. The maximum atomic E-state index is 11.4. The van der Waals surface area contributed by atoms with Crippen LogP contribution in [0.15, 0.2) is 26.5 Å². The van der Waals surface area contributed by atoms with Crippen molar-refractivity contribution in [1.29, 1.82) is 0 Å². The summed E-state index contributed by atoms with van der Waals surface area (Å²) in [5.74, 6) is 6.30. The normalized spacial score (nSPS) is 19.1. The molecule has 0 amide bonds. The van der Waals surface area contributed by atoms with Gasteiger partial charge in [-0.25, -0.2) is 9.44 Å². The summed E-state index contributed by atoms with van der Waals surface area (Å²) >= 11 is 1.66. The quantitative estimate of drug-likeness (QED) is 0.501. The Hall–Kier alpha value is -1.96. The van der Waals surface area contributed by atoms with Crippen molar-refractivity contribution < 1.29 is 12.8 Å². The van der Waals surface area contributed by atoms with Gasteiger partial charge in [0.2, 0.25) is 0 Å². The molecule has 8 nitrogen and oxygen atoms in total. The maximum Gasteiger partial charge on any atom is 0.324 e. The lowest BCUT2D eigenvalue weighted by Gasteiger charge is -2.10. The largest absolute Gasteiger partial charge is 0.464 e. The van der Waals surface area contributed by atoms with E-state index in [-0.39, 0.29) is 11.7 Å². The Kier molecular flexibility index (Phi) is 6.92. The molecule has 10 heteroatoms. The van der Waals surface area contributed by atoms with E-state index in [2.05, 4.69) is 25.3 Å². The van der Waals surface area contributed by atoms with Crippen molar-refractivity contribution in [3.63, 3.8) is 0 Å². The summed E-state index contributed by atoms with van der Waals surface area (Å²) in [6, 6.07) is 3.90. The van der Waals surface area contributed by atoms with E-state index in [1.165, 1.54) is 7.05 Å². The number of rotatable bonds is 8. The van der Waals surface area contributed by atoms with E-state index in [9.17, 15) is 8.42 Å². The van der Waals surface area contributed by atoms with E-state index in [1.807, 2.05) is 24.1 Å². The van der Waals surface area contributed by atoms with Crippen molar-refractivity contribution in [2.75, 3.05) is 32.9 Å². The van der Waals surface area contributed by atoms with Crippen LogP contribution in [0.25, 0.3) is 0 Å². The Labute approximate surface area is 152 Å². The molecule has 0 bridgehead atoms. The Morgan fingerprint density at radius 3 is 2.76 bits per heavy atom. The third-order valence-electron chi connectivity index (χ3n) is 3.16. The highest BCUT2D eigenvalue weighted by molar-refractivity contribution is 7.98. The van der Waals surface area contributed by atoms with Crippen molar-refractivity contribution in [3.05, 3.63) is 23.7 Å². The Balaban J connectivity index is 1.74. The fourth-order valence-electron chi connectivity index (χ4n) is 2.09. The number of nitrogens with one attached hydrogen (secondary N) is 2. The predicted molar refractivity (Wildman–Crippen MR) is 101 cm³/mol. The number of terminal acetylenes is 1. The van der Waals surface area contributed by atoms with Crippen molar-refractivity contribution in [2.45, 2.75) is 12.3 Å². The molecule has 0 atom stereocenters. The third-order valence-corrected chi connectivity index (χ3v) is 5.05. The van der Waals surface area contributed by atoms with Crippen molar-refractivity contribution in [1.82, 2.24) is 14.3 Å². The topological polar surface area (TPSA) is 99.3 Å². The fraction of sp³-hybridized carbons (Fsp3) is 0.467. The summed E-state index contributed by atoms with van der Waals surface area (Å²) in [6.45, 7) is 1.73. The minimum Gasteiger partial charge on any atom is -0.464 e. The molecule has 1 aliphatic rings. The number of amidine groups is 2. The molecule has 0 saturated carbocycles. The van der Waals surface area contributed by atoms with Gasteiger partial charge in [-0.2, -0.15) is 20.2 Å². The zero-order valence-corrected chi connectivity index (χ0v) is 15.8. The first kappa shape index (κ1) is 19.4. The molecule has 1 saturated heterocycles. The molecule has 25 heavy (non-hydrogen) atoms. The Bertz CT molecular complexity index is 792. The number of thioether (sulfide) groups is 1. The van der Waals surface area contributed by atoms with Gasteiger partial charge in [0, 0.05) is 12.8 Å². The molecule has 1 aliphatic heterocycles. The summed E-state index contributed by atoms with van der Waals surface area (Å²) in [4.78, 5) is 10.1. The molecular weight excluding hydrogens is 362 g/mol. The van der Waals surface area contributed by atoms with Gasteiger partial charge in [0.15, 0.2) is 11.7 Å². The van der Waals surface area contributed by atoms with Crippen LogP contribution < -0.4 is 9.44 Å². The molecule has 0 radical (unpaired) electrons. The number of nitrogens with zero attached hydrogens (tertiary/aromatic N) is 3. The molecule has 1 aromatic heterocycles. The van der Waals surface area contributed by atoms with Crippen LogP contribution in [0, 0.1) is 12.3 Å². The number of furan rings is 1. The van der Waals surface area contributed by atoms with Gasteiger partial charge in [-0.15, -0.1) is 6.42 Å². The SMILES string of the molecule is C#CCN(C)Cc1ccc(CSCCN=C2NS(=O)(=O)NC2=NC)o1. The molecule has 0 aromatic carbocycles. The van der Waals surface area contributed by atoms with Gasteiger partial charge in [0.1, 0.15) is 11.5 Å². The van der Waals surface area contributed by atoms with Crippen LogP contribution >= 0.6 is 11.8 Å². The summed E-state index contributed by atoms with van der Waals surface area (Å²) in [5, 5.41) is 0. The monoisotopic (exact) mass is 383 g/mol. The predicted octanol–water partition coefficient (Wildman–Crippen LogP) is 0.442. The van der Waals surface area contributed by atoms with E-state index in [4.69, 9.17) is 10.8 Å². The van der Waals surface area contributed by atoms with E-state index in [0.717, 1.165) is 23.0 Å².